The Kier molecular flexibility index (Phi) is 2.99. The highest BCUT2D eigenvalue weighted by atomic mass is 35.5. The zero-order valence-electron chi connectivity index (χ0n) is 8.28. The second kappa shape index (κ2) is 4.31. The number of benzene rings is 1. The third kappa shape index (κ3) is 2.09. The molecule has 0 fully saturated rings. The fourth-order valence-corrected chi connectivity index (χ4v) is 2.40. The topological polar surface area (TPSA) is 76.2 Å². The molecule has 2 aromatic rings. The summed E-state index contributed by atoms with van der Waals surface area (Å²) in [5.41, 5.74) is 5.59. The van der Waals surface area contributed by atoms with Crippen molar-refractivity contribution in [2.24, 2.45) is 0 Å². The first-order chi connectivity index (χ1) is 8.00. The summed E-state index contributed by atoms with van der Waals surface area (Å²) >= 11 is 6.73. The lowest BCUT2D eigenvalue weighted by Crippen LogP contribution is -2.00. The third-order valence-electron chi connectivity index (χ3n) is 2.04. The molecule has 1 heterocycles. The molecule has 0 unspecified atom stereocenters. The number of nitrogens with zero attached hydrogens (tertiary/aromatic N) is 1. The number of carboxylic acids is 1. The quantitative estimate of drug-likeness (QED) is 0.881. The number of carbonyl (C=O) groups is 1. The van der Waals surface area contributed by atoms with E-state index in [-0.39, 0.29) is 20.7 Å². The standard InChI is InChI=1S/C10H6ClFN2O2S/c11-6-4(2-1-3-5(6)12)9-14-7(10(15)16)8(13)17-9/h1-3H,13H2,(H,15,16). The molecule has 3 N–H and O–H groups in total. The van der Waals surface area contributed by atoms with Crippen LogP contribution in [0.5, 0.6) is 0 Å². The van der Waals surface area contributed by atoms with Crippen molar-refractivity contribution in [2.75, 3.05) is 5.73 Å². The lowest BCUT2D eigenvalue weighted by molar-refractivity contribution is 0.0692. The van der Waals surface area contributed by atoms with Gasteiger partial charge >= 0.3 is 5.97 Å². The molecule has 0 aliphatic rings. The van der Waals surface area contributed by atoms with E-state index in [1.165, 1.54) is 12.1 Å². The second-order valence-electron chi connectivity index (χ2n) is 3.14. The van der Waals surface area contributed by atoms with Gasteiger partial charge in [0.1, 0.15) is 15.8 Å². The summed E-state index contributed by atoms with van der Waals surface area (Å²) in [6, 6.07) is 4.23. The average molecular weight is 273 g/mol. The highest BCUT2D eigenvalue weighted by Crippen LogP contribution is 2.35. The van der Waals surface area contributed by atoms with Crippen molar-refractivity contribution >= 4 is 33.9 Å². The number of anilines is 1. The molecule has 17 heavy (non-hydrogen) atoms. The minimum absolute atomic E-state index is 0.0628. The summed E-state index contributed by atoms with van der Waals surface area (Å²) in [5, 5.41) is 9.05. The van der Waals surface area contributed by atoms with Crippen molar-refractivity contribution in [1.82, 2.24) is 4.98 Å². The van der Waals surface area contributed by atoms with Gasteiger partial charge < -0.3 is 10.8 Å². The van der Waals surface area contributed by atoms with Gasteiger partial charge in [0.15, 0.2) is 5.69 Å². The Bertz CT molecular complexity index is 600. The van der Waals surface area contributed by atoms with Gasteiger partial charge in [-0.2, -0.15) is 0 Å². The van der Waals surface area contributed by atoms with Gasteiger partial charge in [-0.1, -0.05) is 35.1 Å². The number of thiazole rings is 1. The first kappa shape index (κ1) is 11.8. The highest BCUT2D eigenvalue weighted by Gasteiger charge is 2.18. The Labute approximate surface area is 104 Å². The van der Waals surface area contributed by atoms with Crippen LogP contribution in [0.1, 0.15) is 10.5 Å². The lowest BCUT2D eigenvalue weighted by Gasteiger charge is -2.00. The Balaban J connectivity index is 2.58. The number of nitrogens with two attached hydrogens (primary N) is 1. The molecule has 0 saturated heterocycles. The molecular weight excluding hydrogens is 267 g/mol. The maximum Gasteiger partial charge on any atom is 0.357 e. The number of hydrogen-bond acceptors (Lipinski definition) is 4. The molecule has 0 aliphatic carbocycles. The van der Waals surface area contributed by atoms with Crippen molar-refractivity contribution in [1.29, 1.82) is 0 Å². The van der Waals surface area contributed by atoms with E-state index in [2.05, 4.69) is 4.98 Å². The molecule has 88 valence electrons. The van der Waals surface area contributed by atoms with E-state index in [1.54, 1.807) is 6.07 Å². The molecular formula is C10H6ClFN2O2S. The summed E-state index contributed by atoms with van der Waals surface area (Å²) in [5.74, 6) is -1.81. The average Bonchev–Trinajstić information content (AvgIpc) is 2.64. The third-order valence-corrected chi connectivity index (χ3v) is 3.34. The number of rotatable bonds is 2. The van der Waals surface area contributed by atoms with Gasteiger partial charge in [-0.05, 0) is 6.07 Å². The first-order valence-electron chi connectivity index (χ1n) is 4.44. The number of aromatic carboxylic acids is 1. The number of hydrogen-bond donors (Lipinski definition) is 2. The monoisotopic (exact) mass is 272 g/mol. The van der Waals surface area contributed by atoms with E-state index in [1.807, 2.05) is 0 Å². The molecule has 7 heteroatoms. The molecule has 0 atom stereocenters. The van der Waals surface area contributed by atoms with E-state index >= 15 is 0 Å². The first-order valence-corrected chi connectivity index (χ1v) is 5.64. The molecule has 0 saturated carbocycles. The lowest BCUT2D eigenvalue weighted by atomic mass is 10.2. The van der Waals surface area contributed by atoms with Crippen LogP contribution in [0.3, 0.4) is 0 Å². The smallest absolute Gasteiger partial charge is 0.357 e. The van der Waals surface area contributed by atoms with E-state index in [0.29, 0.717) is 5.56 Å². The fraction of sp³-hybridized carbons (Fsp3) is 0. The van der Waals surface area contributed by atoms with Gasteiger partial charge in [-0.25, -0.2) is 14.2 Å². The second-order valence-corrected chi connectivity index (χ2v) is 4.55. The highest BCUT2D eigenvalue weighted by molar-refractivity contribution is 7.19. The van der Waals surface area contributed by atoms with Crippen LogP contribution in [0.15, 0.2) is 18.2 Å². The predicted octanol–water partition coefficient (Wildman–Crippen LogP) is 2.88. The molecule has 0 radical (unpaired) electrons. The maximum atomic E-state index is 13.2. The van der Waals surface area contributed by atoms with Crippen LogP contribution in [0, 0.1) is 5.82 Å². The number of halogens is 2. The zero-order chi connectivity index (χ0) is 12.6. The van der Waals surface area contributed by atoms with Crippen molar-refractivity contribution in [3.63, 3.8) is 0 Å². The summed E-state index contributed by atoms with van der Waals surface area (Å²) in [7, 11) is 0. The summed E-state index contributed by atoms with van der Waals surface area (Å²) in [6.07, 6.45) is 0. The van der Waals surface area contributed by atoms with Gasteiger partial charge in [0.25, 0.3) is 0 Å². The van der Waals surface area contributed by atoms with Crippen LogP contribution in [0.2, 0.25) is 5.02 Å². The minimum atomic E-state index is -1.22. The Hall–Kier alpha value is -1.66. The summed E-state index contributed by atoms with van der Waals surface area (Å²) in [6.45, 7) is 0. The van der Waals surface area contributed by atoms with Crippen molar-refractivity contribution < 1.29 is 14.3 Å². The molecule has 0 bridgehead atoms. The van der Waals surface area contributed by atoms with Crippen LogP contribution < -0.4 is 5.73 Å². The molecule has 1 aromatic heterocycles. The molecule has 0 spiro atoms. The van der Waals surface area contributed by atoms with E-state index in [0.717, 1.165) is 11.3 Å². The summed E-state index contributed by atoms with van der Waals surface area (Å²) in [4.78, 5) is 14.6. The predicted molar refractivity (Wildman–Crippen MR) is 63.9 cm³/mol. The van der Waals surface area contributed by atoms with Crippen LogP contribution in [0.25, 0.3) is 10.6 Å². The van der Waals surface area contributed by atoms with E-state index in [9.17, 15) is 9.18 Å². The van der Waals surface area contributed by atoms with Gasteiger partial charge in [0.05, 0.1) is 5.02 Å². The van der Waals surface area contributed by atoms with Gasteiger partial charge in [0, 0.05) is 5.56 Å². The van der Waals surface area contributed by atoms with Crippen LogP contribution in [-0.2, 0) is 0 Å². The molecule has 4 nitrogen and oxygen atoms in total. The normalized spacial score (nSPS) is 10.5. The summed E-state index contributed by atoms with van der Waals surface area (Å²) < 4.78 is 13.2. The largest absolute Gasteiger partial charge is 0.476 e. The fourth-order valence-electron chi connectivity index (χ4n) is 1.27. The Morgan fingerprint density at radius 2 is 2.24 bits per heavy atom. The van der Waals surface area contributed by atoms with E-state index < -0.39 is 11.8 Å². The van der Waals surface area contributed by atoms with Crippen LogP contribution in [-0.4, -0.2) is 16.1 Å². The van der Waals surface area contributed by atoms with Crippen LogP contribution >= 0.6 is 22.9 Å². The van der Waals surface area contributed by atoms with Gasteiger partial charge in [-0.15, -0.1) is 0 Å². The SMILES string of the molecule is Nc1sc(-c2cccc(F)c2Cl)nc1C(=O)O. The van der Waals surface area contributed by atoms with Gasteiger partial charge in [0.2, 0.25) is 0 Å². The van der Waals surface area contributed by atoms with Crippen molar-refractivity contribution in [3.05, 3.63) is 34.7 Å². The maximum absolute atomic E-state index is 13.2. The molecule has 0 aliphatic heterocycles. The van der Waals surface area contributed by atoms with Crippen LogP contribution in [0.4, 0.5) is 9.39 Å². The zero-order valence-corrected chi connectivity index (χ0v) is 9.85. The molecule has 0 amide bonds. The molecule has 2 rings (SSSR count). The van der Waals surface area contributed by atoms with Crippen molar-refractivity contribution in [2.45, 2.75) is 0 Å². The number of nitrogen functional groups attached to an aromatic ring is 1. The number of carboxylic acid groups (broad SMARTS) is 1. The van der Waals surface area contributed by atoms with Crippen molar-refractivity contribution in [3.8, 4) is 10.6 Å². The molecule has 1 aromatic carbocycles. The minimum Gasteiger partial charge on any atom is -0.476 e. The van der Waals surface area contributed by atoms with Gasteiger partial charge in [-0.3, -0.25) is 0 Å². The Morgan fingerprint density at radius 1 is 1.53 bits per heavy atom. The van der Waals surface area contributed by atoms with E-state index in [4.69, 9.17) is 22.4 Å². The Morgan fingerprint density at radius 3 is 2.82 bits per heavy atom. The number of aromatic nitrogens is 1.